The van der Waals surface area contributed by atoms with Gasteiger partial charge < -0.3 is 0 Å². The van der Waals surface area contributed by atoms with E-state index >= 15 is 0 Å². The van der Waals surface area contributed by atoms with Gasteiger partial charge in [-0.15, -0.1) is 0 Å². The van der Waals surface area contributed by atoms with Crippen LogP contribution in [0.2, 0.25) is 0 Å². The molecule has 0 amide bonds. The Kier molecular flexibility index (Phi) is 10.1. The van der Waals surface area contributed by atoms with Gasteiger partial charge in [0, 0.05) is 8.95 Å². The van der Waals surface area contributed by atoms with Gasteiger partial charge in [0.05, 0.1) is 0 Å². The number of benzene rings is 4. The number of allylic oxidation sites excluding steroid dienone is 4. The minimum Gasteiger partial charge on any atom is -0.0729 e. The van der Waals surface area contributed by atoms with Crippen LogP contribution in [0.3, 0.4) is 0 Å². The van der Waals surface area contributed by atoms with Gasteiger partial charge in [-0.3, -0.25) is 0 Å². The van der Waals surface area contributed by atoms with Gasteiger partial charge in [-0.05, 0) is 110 Å². The summed E-state index contributed by atoms with van der Waals surface area (Å²) in [5.41, 5.74) is 13.1. The van der Waals surface area contributed by atoms with Crippen LogP contribution in [0.1, 0.15) is 56.9 Å². The highest BCUT2D eigenvalue weighted by molar-refractivity contribution is 9.10. The smallest absolute Gasteiger partial charge is 0.0175 e. The lowest BCUT2D eigenvalue weighted by Gasteiger charge is -2.09. The molecular weight excluding hydrogens is 568 g/mol. The molecule has 0 N–H and O–H groups in total. The Bertz CT molecular complexity index is 1280. The van der Waals surface area contributed by atoms with Gasteiger partial charge >= 0.3 is 0 Å². The van der Waals surface area contributed by atoms with E-state index in [1.165, 1.54) is 55.7 Å². The topological polar surface area (TPSA) is 0 Å². The third-order valence-electron chi connectivity index (χ3n) is 6.57. The molecule has 0 saturated carbocycles. The largest absolute Gasteiger partial charge is 0.0729 e. The first-order chi connectivity index (χ1) is 17.2. The molecule has 0 bridgehead atoms. The van der Waals surface area contributed by atoms with E-state index in [1.807, 2.05) is 0 Å². The normalized spacial score (nSPS) is 11.2. The maximum atomic E-state index is 3.46. The predicted octanol–water partition coefficient (Wildman–Crippen LogP) is 11.6. The lowest BCUT2D eigenvalue weighted by molar-refractivity contribution is 1.36. The van der Waals surface area contributed by atoms with Crippen molar-refractivity contribution in [2.24, 2.45) is 0 Å². The molecule has 2 heteroatoms. The van der Waals surface area contributed by atoms with E-state index in [4.69, 9.17) is 0 Å². The minimum atomic E-state index is 1.11. The Hall–Kier alpha value is -2.68. The molecule has 184 valence electrons. The Balaban J connectivity index is 0.000000201. The average molecular weight is 602 g/mol. The molecule has 0 heterocycles. The van der Waals surface area contributed by atoms with Crippen molar-refractivity contribution in [2.75, 3.05) is 0 Å². The fourth-order valence-corrected chi connectivity index (χ4v) is 4.31. The van der Waals surface area contributed by atoms with Crippen LogP contribution in [-0.2, 0) is 0 Å². The number of hydrogen-bond acceptors (Lipinski definition) is 0. The predicted molar refractivity (Wildman–Crippen MR) is 167 cm³/mol. The van der Waals surface area contributed by atoms with Crippen molar-refractivity contribution in [1.82, 2.24) is 0 Å². The van der Waals surface area contributed by atoms with Gasteiger partial charge in [0.15, 0.2) is 0 Å². The summed E-state index contributed by atoms with van der Waals surface area (Å²) in [7, 11) is 0. The van der Waals surface area contributed by atoms with Gasteiger partial charge in [-0.2, -0.15) is 0 Å². The number of halogens is 2. The fraction of sp³-hybridized carbons (Fsp3) is 0.176. The zero-order valence-corrected chi connectivity index (χ0v) is 25.2. The third kappa shape index (κ3) is 7.66. The first-order valence-corrected chi connectivity index (χ1v) is 13.7. The Morgan fingerprint density at radius 1 is 0.417 bits per heavy atom. The molecule has 4 aromatic carbocycles. The zero-order chi connectivity index (χ0) is 26.2. The summed E-state index contributed by atoms with van der Waals surface area (Å²) in [5, 5.41) is 0. The van der Waals surface area contributed by atoms with Gasteiger partial charge in [-0.1, -0.05) is 116 Å². The van der Waals surface area contributed by atoms with Crippen molar-refractivity contribution >= 4 is 48.6 Å². The number of hydrogen-bond donors (Lipinski definition) is 0. The van der Waals surface area contributed by atoms with Gasteiger partial charge in [0.2, 0.25) is 0 Å². The highest BCUT2D eigenvalue weighted by atomic mass is 79.9. The fourth-order valence-electron chi connectivity index (χ4n) is 3.78. The molecule has 0 aliphatic heterocycles. The van der Waals surface area contributed by atoms with Crippen LogP contribution >= 0.6 is 31.9 Å². The van der Waals surface area contributed by atoms with E-state index in [-0.39, 0.29) is 0 Å². The van der Waals surface area contributed by atoms with Gasteiger partial charge in [-0.25, -0.2) is 0 Å². The quantitative estimate of drug-likeness (QED) is 0.204. The second kappa shape index (κ2) is 13.0. The monoisotopic (exact) mass is 600 g/mol. The molecular formula is C34H34Br2. The summed E-state index contributed by atoms with van der Waals surface area (Å²) in [4.78, 5) is 0. The Labute approximate surface area is 234 Å². The van der Waals surface area contributed by atoms with Crippen molar-refractivity contribution in [3.05, 3.63) is 134 Å². The van der Waals surface area contributed by atoms with Crippen molar-refractivity contribution in [3.63, 3.8) is 0 Å². The molecule has 0 nitrogen and oxygen atoms in total. The molecule has 36 heavy (non-hydrogen) atoms. The molecule has 0 unspecified atom stereocenters. The lowest BCUT2D eigenvalue weighted by Crippen LogP contribution is -1.86. The first-order valence-electron chi connectivity index (χ1n) is 12.2. The first kappa shape index (κ1) is 27.9. The SMILES string of the molecule is C/C(=C(/C)c1ccc(Br)cc1)c1ccc(Br)cc1.CC(C)=C(C)c1ccc(-c2ccc(C)cc2)cc1. The summed E-state index contributed by atoms with van der Waals surface area (Å²) in [6, 6.07) is 34.4. The number of rotatable bonds is 4. The second-order valence-electron chi connectivity index (χ2n) is 9.33. The van der Waals surface area contributed by atoms with E-state index in [0.717, 1.165) is 8.95 Å². The lowest BCUT2D eigenvalue weighted by atomic mass is 9.97. The van der Waals surface area contributed by atoms with Gasteiger partial charge in [0.1, 0.15) is 0 Å². The summed E-state index contributed by atoms with van der Waals surface area (Å²) >= 11 is 6.93. The Morgan fingerprint density at radius 2 is 0.722 bits per heavy atom. The third-order valence-corrected chi connectivity index (χ3v) is 7.63. The molecule has 0 atom stereocenters. The molecule has 0 spiro atoms. The molecule has 4 rings (SSSR count). The molecule has 0 aliphatic carbocycles. The van der Waals surface area contributed by atoms with Crippen LogP contribution in [-0.4, -0.2) is 0 Å². The van der Waals surface area contributed by atoms with Crippen molar-refractivity contribution in [2.45, 2.75) is 41.5 Å². The van der Waals surface area contributed by atoms with Crippen LogP contribution in [0.25, 0.3) is 27.8 Å². The molecule has 0 saturated heterocycles. The minimum absolute atomic E-state index is 1.11. The molecule has 0 fully saturated rings. The molecule has 4 aromatic rings. The van der Waals surface area contributed by atoms with E-state index in [1.54, 1.807) is 0 Å². The molecule has 0 radical (unpaired) electrons. The van der Waals surface area contributed by atoms with Crippen molar-refractivity contribution in [1.29, 1.82) is 0 Å². The van der Waals surface area contributed by atoms with Crippen molar-refractivity contribution in [3.8, 4) is 11.1 Å². The van der Waals surface area contributed by atoms with Crippen LogP contribution in [0.4, 0.5) is 0 Å². The van der Waals surface area contributed by atoms with E-state index in [0.29, 0.717) is 0 Å². The zero-order valence-electron chi connectivity index (χ0n) is 22.0. The average Bonchev–Trinajstić information content (AvgIpc) is 2.89. The summed E-state index contributed by atoms with van der Waals surface area (Å²) in [6.45, 7) is 12.9. The van der Waals surface area contributed by atoms with Crippen molar-refractivity contribution < 1.29 is 0 Å². The maximum absolute atomic E-state index is 3.46. The standard InChI is InChI=1S/C18H20.C16H14Br2/c1-13(2)15(4)16-9-11-18(12-10-16)17-7-5-14(3)6-8-17;1-11(13-3-7-15(17)8-4-13)12(2)14-5-9-16(18)10-6-14/h5-12H,1-4H3;3-10H,1-2H3/b;12-11+. The number of aryl methyl sites for hydroxylation is 1. The molecule has 0 aliphatic rings. The van der Waals surface area contributed by atoms with Gasteiger partial charge in [0.25, 0.3) is 0 Å². The van der Waals surface area contributed by atoms with Crippen LogP contribution < -0.4 is 0 Å². The Morgan fingerprint density at radius 3 is 1.08 bits per heavy atom. The van der Waals surface area contributed by atoms with E-state index < -0.39 is 0 Å². The second-order valence-corrected chi connectivity index (χ2v) is 11.2. The van der Waals surface area contributed by atoms with E-state index in [2.05, 4.69) is 170 Å². The van der Waals surface area contributed by atoms with Crippen LogP contribution in [0.15, 0.2) is 112 Å². The summed E-state index contributed by atoms with van der Waals surface area (Å²) in [5.74, 6) is 0. The highest BCUT2D eigenvalue weighted by Crippen LogP contribution is 2.27. The highest BCUT2D eigenvalue weighted by Gasteiger charge is 2.03. The van der Waals surface area contributed by atoms with Crippen LogP contribution in [0.5, 0.6) is 0 Å². The molecule has 0 aromatic heterocycles. The van der Waals surface area contributed by atoms with E-state index in [9.17, 15) is 0 Å². The summed E-state index contributed by atoms with van der Waals surface area (Å²) in [6.07, 6.45) is 0. The summed E-state index contributed by atoms with van der Waals surface area (Å²) < 4.78 is 2.22. The maximum Gasteiger partial charge on any atom is 0.0175 e. The van der Waals surface area contributed by atoms with Crippen LogP contribution in [0, 0.1) is 6.92 Å².